The Bertz CT molecular complexity index is 531. The number of allylic oxidation sites excluding steroid dienone is 8. The Labute approximate surface area is 169 Å². The molecule has 158 valence electrons. The zero-order chi connectivity index (χ0) is 21.0. The third-order valence-electron chi connectivity index (χ3n) is 4.22. The fourth-order valence-electron chi connectivity index (χ4n) is 2.53. The summed E-state index contributed by atoms with van der Waals surface area (Å²) in [5.41, 5.74) is 0. The number of aliphatic hydroxyl groups excluding tert-OH is 2. The highest BCUT2D eigenvalue weighted by Gasteiger charge is 2.30. The molecule has 0 amide bonds. The Balaban J connectivity index is 3.89. The van der Waals surface area contributed by atoms with Crippen LogP contribution in [0.3, 0.4) is 0 Å². The van der Waals surface area contributed by atoms with Crippen molar-refractivity contribution in [2.45, 2.75) is 70.8 Å². The molecule has 28 heavy (non-hydrogen) atoms. The number of Topliss-reactive ketones (excluding diaryl/α,β-unsaturated/α-hetero) is 1. The van der Waals surface area contributed by atoms with E-state index in [1.165, 1.54) is 19.3 Å². The quantitative estimate of drug-likeness (QED) is 0.194. The first-order valence-electron chi connectivity index (χ1n) is 10.2. The number of rotatable bonds is 17. The predicted molar refractivity (Wildman–Crippen MR) is 113 cm³/mol. The van der Waals surface area contributed by atoms with Gasteiger partial charge < -0.3 is 15.3 Å². The summed E-state index contributed by atoms with van der Waals surface area (Å²) >= 11 is 0. The largest absolute Gasteiger partial charge is 0.481 e. The summed E-state index contributed by atoms with van der Waals surface area (Å²) in [6.07, 6.45) is 23.1. The number of unbranched alkanes of at least 4 members (excludes halogenated alkanes) is 3. The number of carbonyl (C=O) groups is 2. The van der Waals surface area contributed by atoms with E-state index >= 15 is 0 Å². The summed E-state index contributed by atoms with van der Waals surface area (Å²) in [5.74, 6) is -3.40. The maximum absolute atomic E-state index is 11.7. The number of aliphatic carboxylic acids is 1. The SMILES string of the molecule is CCCCC/C=C\C/C=C\C/C=C\C/C=C\CCC(C(=O)O)C(=O)C(O)CO. The molecule has 0 radical (unpaired) electrons. The minimum atomic E-state index is -1.63. The lowest BCUT2D eigenvalue weighted by Crippen LogP contribution is -2.35. The van der Waals surface area contributed by atoms with Crippen LogP contribution in [0.25, 0.3) is 0 Å². The van der Waals surface area contributed by atoms with Gasteiger partial charge in [0.1, 0.15) is 12.0 Å². The molecule has 0 heterocycles. The normalized spacial score (nSPS) is 14.5. The Morgan fingerprint density at radius 2 is 1.32 bits per heavy atom. The molecule has 0 rings (SSSR count). The van der Waals surface area contributed by atoms with Crippen molar-refractivity contribution in [3.63, 3.8) is 0 Å². The number of hydrogen-bond donors (Lipinski definition) is 3. The van der Waals surface area contributed by atoms with E-state index in [1.54, 1.807) is 0 Å². The Kier molecular flexibility index (Phi) is 17.1. The van der Waals surface area contributed by atoms with E-state index in [2.05, 4.69) is 37.3 Å². The molecule has 0 aromatic carbocycles. The minimum Gasteiger partial charge on any atom is -0.481 e. The molecule has 0 aliphatic heterocycles. The highest BCUT2D eigenvalue weighted by Crippen LogP contribution is 2.12. The van der Waals surface area contributed by atoms with Crippen LogP contribution < -0.4 is 0 Å². The van der Waals surface area contributed by atoms with Gasteiger partial charge in [0.15, 0.2) is 5.78 Å². The summed E-state index contributed by atoms with van der Waals surface area (Å²) in [6, 6.07) is 0. The number of carboxylic acids is 1. The van der Waals surface area contributed by atoms with Crippen LogP contribution in [0.15, 0.2) is 48.6 Å². The summed E-state index contributed by atoms with van der Waals surface area (Å²) in [4.78, 5) is 22.8. The predicted octanol–water partition coefficient (Wildman–Crippen LogP) is 4.37. The molecule has 0 aliphatic carbocycles. The second-order valence-corrected chi connectivity index (χ2v) is 6.66. The zero-order valence-corrected chi connectivity index (χ0v) is 17.0. The summed E-state index contributed by atoms with van der Waals surface area (Å²) in [6.45, 7) is 1.45. The van der Waals surface area contributed by atoms with Crippen LogP contribution in [-0.4, -0.2) is 39.8 Å². The van der Waals surface area contributed by atoms with Gasteiger partial charge in [-0.15, -0.1) is 0 Å². The molecular formula is C23H36O5. The topological polar surface area (TPSA) is 94.8 Å². The van der Waals surface area contributed by atoms with Gasteiger partial charge in [-0.2, -0.15) is 0 Å². The molecule has 2 unspecified atom stereocenters. The van der Waals surface area contributed by atoms with E-state index in [0.717, 1.165) is 25.7 Å². The molecule has 3 N–H and O–H groups in total. The Morgan fingerprint density at radius 3 is 1.79 bits per heavy atom. The van der Waals surface area contributed by atoms with E-state index in [9.17, 15) is 14.7 Å². The number of hydrogen-bond acceptors (Lipinski definition) is 4. The summed E-state index contributed by atoms with van der Waals surface area (Å²) < 4.78 is 0. The average Bonchev–Trinajstić information content (AvgIpc) is 2.69. The maximum Gasteiger partial charge on any atom is 0.314 e. The number of carboxylic acid groups (broad SMARTS) is 1. The third kappa shape index (κ3) is 14.1. The van der Waals surface area contributed by atoms with Crippen LogP contribution in [0.2, 0.25) is 0 Å². The van der Waals surface area contributed by atoms with E-state index in [-0.39, 0.29) is 6.42 Å². The van der Waals surface area contributed by atoms with Crippen molar-refractivity contribution in [1.82, 2.24) is 0 Å². The molecule has 0 spiro atoms. The van der Waals surface area contributed by atoms with Crippen molar-refractivity contribution in [3.05, 3.63) is 48.6 Å². The van der Waals surface area contributed by atoms with E-state index in [4.69, 9.17) is 10.2 Å². The average molecular weight is 393 g/mol. The lowest BCUT2D eigenvalue weighted by Gasteiger charge is -2.13. The summed E-state index contributed by atoms with van der Waals surface area (Å²) in [7, 11) is 0. The molecule has 0 aromatic heterocycles. The molecule has 0 saturated heterocycles. The second-order valence-electron chi connectivity index (χ2n) is 6.66. The maximum atomic E-state index is 11.7. The lowest BCUT2D eigenvalue weighted by atomic mass is 9.95. The number of carbonyl (C=O) groups excluding carboxylic acids is 1. The first-order valence-corrected chi connectivity index (χ1v) is 10.2. The van der Waals surface area contributed by atoms with Gasteiger partial charge in [0.05, 0.1) is 6.61 Å². The van der Waals surface area contributed by atoms with Crippen LogP contribution in [-0.2, 0) is 9.59 Å². The van der Waals surface area contributed by atoms with Crippen LogP contribution in [0.5, 0.6) is 0 Å². The fourth-order valence-corrected chi connectivity index (χ4v) is 2.53. The van der Waals surface area contributed by atoms with Crippen molar-refractivity contribution < 1.29 is 24.9 Å². The van der Waals surface area contributed by atoms with E-state index in [0.29, 0.717) is 6.42 Å². The highest BCUT2D eigenvalue weighted by atomic mass is 16.4. The standard InChI is InChI=1S/C23H36O5/c1-2-3-4-5-6-7-8-9-10-11-12-13-14-15-16-17-18-20(23(27)28)22(26)21(25)19-24/h6-7,9-10,12-13,15-16,20-21,24-25H,2-5,8,11,14,17-19H2,1H3,(H,27,28)/b7-6-,10-9-,13-12-,16-15-. The molecule has 0 saturated carbocycles. The molecule has 5 heteroatoms. The van der Waals surface area contributed by atoms with Gasteiger partial charge >= 0.3 is 5.97 Å². The molecule has 2 atom stereocenters. The van der Waals surface area contributed by atoms with Gasteiger partial charge in [-0.05, 0) is 44.9 Å². The molecule has 5 nitrogen and oxygen atoms in total. The van der Waals surface area contributed by atoms with Gasteiger partial charge in [-0.25, -0.2) is 0 Å². The van der Waals surface area contributed by atoms with Gasteiger partial charge in [0, 0.05) is 0 Å². The number of ketones is 1. The molecule has 0 fully saturated rings. The van der Waals surface area contributed by atoms with Crippen molar-refractivity contribution in [1.29, 1.82) is 0 Å². The van der Waals surface area contributed by atoms with Crippen LogP contribution >= 0.6 is 0 Å². The Morgan fingerprint density at radius 1 is 0.821 bits per heavy atom. The molecule has 0 bridgehead atoms. The highest BCUT2D eigenvalue weighted by molar-refractivity contribution is 6.00. The third-order valence-corrected chi connectivity index (χ3v) is 4.22. The Hall–Kier alpha value is -1.98. The second kappa shape index (κ2) is 18.4. The van der Waals surface area contributed by atoms with Crippen molar-refractivity contribution in [2.24, 2.45) is 5.92 Å². The van der Waals surface area contributed by atoms with Crippen LogP contribution in [0.1, 0.15) is 64.7 Å². The summed E-state index contributed by atoms with van der Waals surface area (Å²) in [5, 5.41) is 27.1. The van der Waals surface area contributed by atoms with Gasteiger partial charge in [0.2, 0.25) is 0 Å². The van der Waals surface area contributed by atoms with Gasteiger partial charge in [0.25, 0.3) is 0 Å². The minimum absolute atomic E-state index is 0.111. The van der Waals surface area contributed by atoms with Crippen LogP contribution in [0.4, 0.5) is 0 Å². The van der Waals surface area contributed by atoms with Crippen molar-refractivity contribution >= 4 is 11.8 Å². The molecular weight excluding hydrogens is 356 g/mol. The van der Waals surface area contributed by atoms with E-state index in [1.807, 2.05) is 18.2 Å². The lowest BCUT2D eigenvalue weighted by molar-refractivity contribution is -0.150. The van der Waals surface area contributed by atoms with Crippen molar-refractivity contribution in [3.8, 4) is 0 Å². The molecule has 0 aromatic rings. The smallest absolute Gasteiger partial charge is 0.314 e. The molecule has 0 aliphatic rings. The first-order chi connectivity index (χ1) is 13.5. The van der Waals surface area contributed by atoms with Crippen LogP contribution in [0, 0.1) is 5.92 Å². The first kappa shape index (κ1) is 26.0. The van der Waals surface area contributed by atoms with Gasteiger partial charge in [-0.1, -0.05) is 68.4 Å². The zero-order valence-electron chi connectivity index (χ0n) is 17.0. The van der Waals surface area contributed by atoms with Gasteiger partial charge in [-0.3, -0.25) is 9.59 Å². The van der Waals surface area contributed by atoms with Crippen molar-refractivity contribution in [2.75, 3.05) is 6.61 Å². The monoisotopic (exact) mass is 392 g/mol. The fraction of sp³-hybridized carbons (Fsp3) is 0.565. The number of aliphatic hydroxyl groups is 2. The van der Waals surface area contributed by atoms with E-state index < -0.39 is 30.4 Å².